The third-order valence-electron chi connectivity index (χ3n) is 3.06. The number of hydrogen-bond donors (Lipinski definition) is 1. The molecule has 7 heteroatoms. The molecule has 1 aliphatic heterocycles. The van der Waals surface area contributed by atoms with Gasteiger partial charge in [0.05, 0.1) is 12.6 Å². The first-order valence-corrected chi connectivity index (χ1v) is 7.29. The van der Waals surface area contributed by atoms with Gasteiger partial charge in [-0.15, -0.1) is 0 Å². The van der Waals surface area contributed by atoms with E-state index in [4.69, 9.17) is 14.6 Å². The highest BCUT2D eigenvalue weighted by molar-refractivity contribution is 9.10. The number of amides is 1. The Balaban J connectivity index is 1.90. The van der Waals surface area contributed by atoms with Gasteiger partial charge in [-0.2, -0.15) is 0 Å². The second-order valence-electron chi connectivity index (χ2n) is 4.81. The average Bonchev–Trinajstić information content (AvgIpc) is 2.45. The summed E-state index contributed by atoms with van der Waals surface area (Å²) in [6.45, 7) is 2.03. The Morgan fingerprint density at radius 1 is 1.38 bits per heavy atom. The van der Waals surface area contributed by atoms with Crippen molar-refractivity contribution in [2.75, 3.05) is 19.7 Å². The summed E-state index contributed by atoms with van der Waals surface area (Å²) < 4.78 is 11.6. The third kappa shape index (κ3) is 4.44. The maximum absolute atomic E-state index is 12.1. The van der Waals surface area contributed by atoms with E-state index in [0.29, 0.717) is 12.3 Å². The van der Waals surface area contributed by atoms with Gasteiger partial charge in [0.1, 0.15) is 5.75 Å². The summed E-state index contributed by atoms with van der Waals surface area (Å²) in [7, 11) is 0. The molecule has 114 valence electrons. The number of nitrogens with zero attached hydrogens (tertiary/aromatic N) is 1. The maximum Gasteiger partial charge on any atom is 0.334 e. The van der Waals surface area contributed by atoms with Crippen molar-refractivity contribution in [1.82, 2.24) is 4.90 Å². The number of carboxylic acids is 1. The molecule has 1 fully saturated rings. The van der Waals surface area contributed by atoms with E-state index in [-0.39, 0.29) is 25.2 Å². The second kappa shape index (κ2) is 6.91. The van der Waals surface area contributed by atoms with Crippen LogP contribution in [0.25, 0.3) is 0 Å². The SMILES string of the molecule is C[C@@H]1CN(C(=O)COc2ccc(Br)cc2)CC(C(=O)O)O1. The van der Waals surface area contributed by atoms with E-state index in [1.165, 1.54) is 4.90 Å². The number of halogens is 1. The molecule has 2 atom stereocenters. The fourth-order valence-corrected chi connectivity index (χ4v) is 2.32. The van der Waals surface area contributed by atoms with Crippen LogP contribution in [0.3, 0.4) is 0 Å². The van der Waals surface area contributed by atoms with Gasteiger partial charge in [-0.25, -0.2) is 4.79 Å². The number of morpholine rings is 1. The van der Waals surface area contributed by atoms with Crippen LogP contribution in [0.2, 0.25) is 0 Å². The largest absolute Gasteiger partial charge is 0.484 e. The van der Waals surface area contributed by atoms with Crippen LogP contribution < -0.4 is 4.74 Å². The number of benzene rings is 1. The fraction of sp³-hybridized carbons (Fsp3) is 0.429. The summed E-state index contributed by atoms with van der Waals surface area (Å²) in [4.78, 5) is 24.5. The topological polar surface area (TPSA) is 76.1 Å². The first-order valence-electron chi connectivity index (χ1n) is 6.50. The molecule has 21 heavy (non-hydrogen) atoms. The van der Waals surface area contributed by atoms with Gasteiger partial charge in [0, 0.05) is 11.0 Å². The standard InChI is InChI=1S/C14H16BrNO5/c1-9-6-16(7-12(21-9)14(18)19)13(17)8-20-11-4-2-10(15)3-5-11/h2-5,9,12H,6-8H2,1H3,(H,18,19)/t9-,12?/m1/s1. The van der Waals surface area contributed by atoms with Crippen LogP contribution in [0.15, 0.2) is 28.7 Å². The molecule has 0 radical (unpaired) electrons. The molecule has 1 N–H and O–H groups in total. The molecular formula is C14H16BrNO5. The number of ether oxygens (including phenoxy) is 2. The minimum atomic E-state index is -1.06. The monoisotopic (exact) mass is 357 g/mol. The lowest BCUT2D eigenvalue weighted by molar-refractivity contribution is -0.167. The molecule has 0 spiro atoms. The molecule has 6 nitrogen and oxygen atoms in total. The summed E-state index contributed by atoms with van der Waals surface area (Å²) in [6, 6.07) is 7.13. The Morgan fingerprint density at radius 2 is 2.05 bits per heavy atom. The van der Waals surface area contributed by atoms with Gasteiger partial charge in [0.2, 0.25) is 0 Å². The Kier molecular flexibility index (Phi) is 5.19. The van der Waals surface area contributed by atoms with Crippen LogP contribution in [-0.2, 0) is 14.3 Å². The minimum Gasteiger partial charge on any atom is -0.484 e. The first kappa shape index (κ1) is 15.8. The van der Waals surface area contributed by atoms with Crippen molar-refractivity contribution in [3.8, 4) is 5.75 Å². The molecule has 1 saturated heterocycles. The molecular weight excluding hydrogens is 342 g/mol. The zero-order valence-corrected chi connectivity index (χ0v) is 13.1. The van der Waals surface area contributed by atoms with Crippen LogP contribution in [0.1, 0.15) is 6.92 Å². The van der Waals surface area contributed by atoms with Crippen LogP contribution in [0.4, 0.5) is 0 Å². The molecule has 0 saturated carbocycles. The van der Waals surface area contributed by atoms with Gasteiger partial charge in [-0.05, 0) is 31.2 Å². The van der Waals surface area contributed by atoms with Gasteiger partial charge in [0.15, 0.2) is 12.7 Å². The molecule has 1 aromatic rings. The minimum absolute atomic E-state index is 0.0439. The number of carbonyl (C=O) groups excluding carboxylic acids is 1. The van der Waals surface area contributed by atoms with Crippen molar-refractivity contribution in [3.05, 3.63) is 28.7 Å². The number of carbonyl (C=O) groups is 2. The van der Waals surface area contributed by atoms with Gasteiger partial charge >= 0.3 is 5.97 Å². The van der Waals surface area contributed by atoms with Gasteiger partial charge < -0.3 is 19.5 Å². The highest BCUT2D eigenvalue weighted by atomic mass is 79.9. The van der Waals surface area contributed by atoms with E-state index in [1.54, 1.807) is 19.1 Å². The molecule has 1 aromatic carbocycles. The van der Waals surface area contributed by atoms with E-state index >= 15 is 0 Å². The molecule has 1 heterocycles. The zero-order valence-electron chi connectivity index (χ0n) is 11.5. The van der Waals surface area contributed by atoms with E-state index in [0.717, 1.165) is 4.47 Å². The smallest absolute Gasteiger partial charge is 0.334 e. The molecule has 2 rings (SSSR count). The van der Waals surface area contributed by atoms with Crippen molar-refractivity contribution in [2.24, 2.45) is 0 Å². The summed E-state index contributed by atoms with van der Waals surface area (Å²) in [5.41, 5.74) is 0. The van der Waals surface area contributed by atoms with Crippen LogP contribution in [0, 0.1) is 0 Å². The summed E-state index contributed by atoms with van der Waals surface area (Å²) in [5.74, 6) is -0.727. The Labute approximate surface area is 130 Å². The molecule has 1 aliphatic rings. The highest BCUT2D eigenvalue weighted by Gasteiger charge is 2.32. The quantitative estimate of drug-likeness (QED) is 0.884. The maximum atomic E-state index is 12.1. The molecule has 0 aliphatic carbocycles. The van der Waals surface area contributed by atoms with Gasteiger partial charge in [-0.1, -0.05) is 15.9 Å². The second-order valence-corrected chi connectivity index (χ2v) is 5.73. The predicted molar refractivity (Wildman–Crippen MR) is 78.2 cm³/mol. The summed E-state index contributed by atoms with van der Waals surface area (Å²) >= 11 is 3.31. The summed E-state index contributed by atoms with van der Waals surface area (Å²) in [5, 5.41) is 8.99. The van der Waals surface area contributed by atoms with Crippen molar-refractivity contribution < 1.29 is 24.2 Å². The number of rotatable bonds is 4. The lowest BCUT2D eigenvalue weighted by Crippen LogP contribution is -2.52. The number of carboxylic acid groups (broad SMARTS) is 1. The van der Waals surface area contributed by atoms with E-state index in [9.17, 15) is 9.59 Å². The first-order chi connectivity index (χ1) is 9.95. The predicted octanol–water partition coefficient (Wildman–Crippen LogP) is 1.53. The van der Waals surface area contributed by atoms with Crippen molar-refractivity contribution >= 4 is 27.8 Å². The van der Waals surface area contributed by atoms with Crippen LogP contribution in [0.5, 0.6) is 5.75 Å². The zero-order chi connectivity index (χ0) is 15.4. The van der Waals surface area contributed by atoms with E-state index in [1.807, 2.05) is 12.1 Å². The fourth-order valence-electron chi connectivity index (χ4n) is 2.06. The Hall–Kier alpha value is -1.60. The van der Waals surface area contributed by atoms with Crippen LogP contribution in [-0.4, -0.2) is 53.8 Å². The normalized spacial score (nSPS) is 21.9. The number of hydrogen-bond acceptors (Lipinski definition) is 4. The lowest BCUT2D eigenvalue weighted by atomic mass is 10.2. The Morgan fingerprint density at radius 3 is 2.67 bits per heavy atom. The molecule has 0 aromatic heterocycles. The number of aliphatic carboxylic acids is 1. The lowest BCUT2D eigenvalue weighted by Gasteiger charge is -2.34. The highest BCUT2D eigenvalue weighted by Crippen LogP contribution is 2.17. The average molecular weight is 358 g/mol. The summed E-state index contributed by atoms with van der Waals surface area (Å²) in [6.07, 6.45) is -1.29. The molecule has 0 bridgehead atoms. The molecule has 1 amide bonds. The Bertz CT molecular complexity index is 519. The van der Waals surface area contributed by atoms with E-state index < -0.39 is 12.1 Å². The van der Waals surface area contributed by atoms with Gasteiger partial charge in [-0.3, -0.25) is 4.79 Å². The van der Waals surface area contributed by atoms with Crippen molar-refractivity contribution in [3.63, 3.8) is 0 Å². The van der Waals surface area contributed by atoms with Gasteiger partial charge in [0.25, 0.3) is 5.91 Å². The third-order valence-corrected chi connectivity index (χ3v) is 3.59. The van der Waals surface area contributed by atoms with E-state index in [2.05, 4.69) is 15.9 Å². The van der Waals surface area contributed by atoms with Crippen molar-refractivity contribution in [1.29, 1.82) is 0 Å². The van der Waals surface area contributed by atoms with Crippen molar-refractivity contribution in [2.45, 2.75) is 19.1 Å². The molecule has 1 unspecified atom stereocenters. The van der Waals surface area contributed by atoms with Crippen LogP contribution >= 0.6 is 15.9 Å².